The summed E-state index contributed by atoms with van der Waals surface area (Å²) >= 11 is 6.17. The lowest BCUT2D eigenvalue weighted by molar-refractivity contribution is -0.143. The average Bonchev–Trinajstić information content (AvgIpc) is 3.91. The number of amides is 4. The van der Waals surface area contributed by atoms with Crippen LogP contribution >= 0.6 is 11.6 Å². The molecule has 3 fully saturated rings. The Hall–Kier alpha value is -3.91. The van der Waals surface area contributed by atoms with E-state index in [4.69, 9.17) is 21.1 Å². The van der Waals surface area contributed by atoms with Gasteiger partial charge in [0, 0.05) is 28.9 Å². The summed E-state index contributed by atoms with van der Waals surface area (Å²) in [6.07, 6.45) is 2.68. The smallest absolute Gasteiger partial charge is 0.408 e. The van der Waals surface area contributed by atoms with E-state index in [0.29, 0.717) is 34.5 Å². The quantitative estimate of drug-likeness (QED) is 0.309. The van der Waals surface area contributed by atoms with Crippen molar-refractivity contribution in [2.75, 3.05) is 6.54 Å². The molecule has 2 aliphatic carbocycles. The highest BCUT2D eigenvalue weighted by atomic mass is 35.5. The minimum Gasteiger partial charge on any atom is -0.488 e. The van der Waals surface area contributed by atoms with Crippen molar-refractivity contribution in [3.8, 4) is 5.75 Å². The van der Waals surface area contributed by atoms with Crippen LogP contribution in [0.5, 0.6) is 5.75 Å². The van der Waals surface area contributed by atoms with E-state index < -0.39 is 79.7 Å². The summed E-state index contributed by atoms with van der Waals surface area (Å²) in [5.74, 6) is -2.12. The standard InChI is InChI=1S/C34H44ClN5O8S/c1-8-19-17-34(19,30(43)39-49(45,46)22-10-11-22)38-28(41)25-16-21(47-26-13-14-36-24-15-20(35)9-12-23(24)26)18-40(25)29(42)27(32(2,3)4)37-31(44)48-33(5,6)7/h8-9,12-15,19,21-22,25,27H,1,10-11,16-18H2,2-7H3,(H,37,44)(H,38,41)(H,39,43)/t19-,21-,25+,27-,34-/m1/s1. The summed E-state index contributed by atoms with van der Waals surface area (Å²) in [7, 11) is -3.89. The first-order chi connectivity index (χ1) is 22.7. The molecule has 2 aromatic rings. The molecule has 0 radical (unpaired) electrons. The molecule has 0 bridgehead atoms. The Morgan fingerprint density at radius 2 is 1.82 bits per heavy atom. The van der Waals surface area contributed by atoms with Crippen molar-refractivity contribution in [1.29, 1.82) is 0 Å². The summed E-state index contributed by atoms with van der Waals surface area (Å²) in [5, 5.41) is 6.00. The minimum atomic E-state index is -3.89. The number of ether oxygens (including phenoxy) is 2. The Labute approximate surface area is 291 Å². The Kier molecular flexibility index (Phi) is 9.71. The van der Waals surface area contributed by atoms with E-state index in [-0.39, 0.29) is 19.4 Å². The number of benzene rings is 1. The predicted octanol–water partition coefficient (Wildman–Crippen LogP) is 3.85. The van der Waals surface area contributed by atoms with Crippen LogP contribution in [-0.2, 0) is 29.1 Å². The lowest BCUT2D eigenvalue weighted by Crippen LogP contribution is -2.60. The maximum Gasteiger partial charge on any atom is 0.408 e. The van der Waals surface area contributed by atoms with E-state index in [1.807, 2.05) is 0 Å². The van der Waals surface area contributed by atoms with Gasteiger partial charge in [0.15, 0.2) is 0 Å². The first-order valence-corrected chi connectivity index (χ1v) is 18.2. The van der Waals surface area contributed by atoms with E-state index in [1.54, 1.807) is 72.0 Å². The molecule has 3 N–H and O–H groups in total. The number of hydrogen-bond acceptors (Lipinski definition) is 9. The van der Waals surface area contributed by atoms with Crippen molar-refractivity contribution < 1.29 is 37.1 Å². The third-order valence-electron chi connectivity index (χ3n) is 8.83. The van der Waals surface area contributed by atoms with E-state index in [9.17, 15) is 27.6 Å². The highest BCUT2D eigenvalue weighted by Crippen LogP contribution is 2.45. The van der Waals surface area contributed by atoms with Crippen LogP contribution in [0.25, 0.3) is 10.9 Å². The third-order valence-corrected chi connectivity index (χ3v) is 10.9. The van der Waals surface area contributed by atoms with E-state index in [2.05, 4.69) is 26.9 Å². The summed E-state index contributed by atoms with van der Waals surface area (Å²) in [6.45, 7) is 14.2. The van der Waals surface area contributed by atoms with Crippen molar-refractivity contribution in [2.24, 2.45) is 11.3 Å². The number of carbonyl (C=O) groups is 4. The molecule has 266 valence electrons. The second kappa shape index (κ2) is 13.1. The van der Waals surface area contributed by atoms with Gasteiger partial charge in [-0.25, -0.2) is 13.2 Å². The summed E-state index contributed by atoms with van der Waals surface area (Å²) in [6, 6.07) is 4.60. The van der Waals surface area contributed by atoms with Crippen LogP contribution < -0.4 is 20.1 Å². The Morgan fingerprint density at radius 3 is 2.41 bits per heavy atom. The van der Waals surface area contributed by atoms with Crippen LogP contribution in [0.4, 0.5) is 4.79 Å². The van der Waals surface area contributed by atoms with E-state index in [1.165, 1.54) is 11.0 Å². The summed E-state index contributed by atoms with van der Waals surface area (Å²) in [5.41, 5.74) is -2.58. The van der Waals surface area contributed by atoms with Crippen LogP contribution in [0.1, 0.15) is 67.2 Å². The SMILES string of the molecule is C=C[C@@H]1C[C@]1(NC(=O)[C@@H]1C[C@@H](Oc2ccnc3cc(Cl)ccc23)CN1C(=O)[C@@H](NC(=O)OC(C)(C)C)C(C)(C)C)C(=O)NS(=O)(=O)C1CC1. The number of halogens is 1. The first-order valence-electron chi connectivity index (χ1n) is 16.3. The second-order valence-electron chi connectivity index (χ2n) is 15.1. The lowest BCUT2D eigenvalue weighted by Gasteiger charge is -2.36. The van der Waals surface area contributed by atoms with Crippen molar-refractivity contribution in [3.63, 3.8) is 0 Å². The van der Waals surface area contributed by atoms with Gasteiger partial charge in [-0.2, -0.15) is 0 Å². The molecule has 4 amide bonds. The Bertz CT molecular complexity index is 1780. The molecule has 5 atom stereocenters. The number of alkyl carbamates (subject to hydrolysis) is 1. The average molecular weight is 718 g/mol. The fourth-order valence-corrected chi connectivity index (χ4v) is 7.54. The second-order valence-corrected chi connectivity index (χ2v) is 17.5. The molecule has 5 rings (SSSR count). The van der Waals surface area contributed by atoms with Gasteiger partial charge in [0.25, 0.3) is 5.91 Å². The Balaban J connectivity index is 1.44. The number of fused-ring (bicyclic) bond motifs is 1. The van der Waals surface area contributed by atoms with E-state index >= 15 is 0 Å². The van der Waals surface area contributed by atoms with Gasteiger partial charge in [0.2, 0.25) is 21.8 Å². The van der Waals surface area contributed by atoms with Crippen LogP contribution in [0.3, 0.4) is 0 Å². The van der Waals surface area contributed by atoms with Gasteiger partial charge in [0.05, 0.1) is 17.3 Å². The lowest BCUT2D eigenvalue weighted by atomic mass is 9.85. The first kappa shape index (κ1) is 36.4. The number of nitrogens with zero attached hydrogens (tertiary/aromatic N) is 2. The zero-order valence-electron chi connectivity index (χ0n) is 28.5. The molecule has 49 heavy (non-hydrogen) atoms. The van der Waals surface area contributed by atoms with Gasteiger partial charge >= 0.3 is 6.09 Å². The molecule has 1 aromatic carbocycles. The van der Waals surface area contributed by atoms with Crippen molar-refractivity contribution in [2.45, 2.75) is 102 Å². The monoisotopic (exact) mass is 717 g/mol. The minimum absolute atomic E-state index is 0.0307. The highest BCUT2D eigenvalue weighted by molar-refractivity contribution is 7.91. The molecule has 0 spiro atoms. The molecule has 1 aromatic heterocycles. The maximum absolute atomic E-state index is 14.4. The largest absolute Gasteiger partial charge is 0.488 e. The van der Waals surface area contributed by atoms with Crippen LogP contribution in [0, 0.1) is 11.3 Å². The zero-order valence-corrected chi connectivity index (χ0v) is 30.1. The van der Waals surface area contributed by atoms with Gasteiger partial charge in [-0.1, -0.05) is 38.4 Å². The maximum atomic E-state index is 14.4. The number of carbonyl (C=O) groups excluding carboxylic acids is 4. The number of nitrogens with one attached hydrogen (secondary N) is 3. The molecular formula is C34H44ClN5O8S. The molecule has 2 heterocycles. The zero-order chi connectivity index (χ0) is 36.1. The number of sulfonamides is 1. The van der Waals surface area contributed by atoms with Gasteiger partial charge in [-0.05, 0) is 69.7 Å². The predicted molar refractivity (Wildman–Crippen MR) is 183 cm³/mol. The van der Waals surface area contributed by atoms with Gasteiger partial charge in [-0.3, -0.25) is 24.1 Å². The molecule has 2 saturated carbocycles. The fourth-order valence-electron chi connectivity index (χ4n) is 6.01. The Morgan fingerprint density at radius 1 is 1.12 bits per heavy atom. The van der Waals surface area contributed by atoms with Gasteiger partial charge in [0.1, 0.15) is 35.1 Å². The van der Waals surface area contributed by atoms with Crippen molar-refractivity contribution in [3.05, 3.63) is 48.1 Å². The molecule has 0 unspecified atom stereocenters. The number of aromatic nitrogens is 1. The fraction of sp³-hybridized carbons (Fsp3) is 0.559. The molecule has 13 nitrogen and oxygen atoms in total. The normalized spacial score (nSPS) is 24.5. The highest BCUT2D eigenvalue weighted by Gasteiger charge is 2.62. The number of rotatable bonds is 10. The van der Waals surface area contributed by atoms with E-state index in [0.717, 1.165) is 0 Å². The molecule has 1 saturated heterocycles. The van der Waals surface area contributed by atoms with Crippen LogP contribution in [-0.4, -0.2) is 83.2 Å². The topological polar surface area (TPSA) is 173 Å². The number of pyridine rings is 1. The number of hydrogen-bond donors (Lipinski definition) is 3. The number of likely N-dealkylation sites (tertiary alicyclic amines) is 1. The van der Waals surface area contributed by atoms with Gasteiger partial charge < -0.3 is 25.0 Å². The van der Waals surface area contributed by atoms with Crippen LogP contribution in [0.15, 0.2) is 43.1 Å². The van der Waals surface area contributed by atoms with Crippen molar-refractivity contribution in [1.82, 2.24) is 25.2 Å². The van der Waals surface area contributed by atoms with Gasteiger partial charge in [-0.15, -0.1) is 6.58 Å². The molecule has 3 aliphatic rings. The van der Waals surface area contributed by atoms with Crippen LogP contribution in [0.2, 0.25) is 5.02 Å². The van der Waals surface area contributed by atoms with Crippen molar-refractivity contribution >= 4 is 56.3 Å². The molecular weight excluding hydrogens is 674 g/mol. The third kappa shape index (κ3) is 8.12. The molecule has 15 heteroatoms. The summed E-state index contributed by atoms with van der Waals surface area (Å²) < 4.78 is 39.2. The summed E-state index contributed by atoms with van der Waals surface area (Å²) in [4.78, 5) is 60.5. The molecule has 1 aliphatic heterocycles.